The van der Waals surface area contributed by atoms with Crippen LogP contribution in [0.15, 0.2) is 36.5 Å². The SMILES string of the molecule is C=CC(CCC)=C(C=C)C(N)=O. The van der Waals surface area contributed by atoms with Gasteiger partial charge in [-0.1, -0.05) is 38.7 Å². The van der Waals surface area contributed by atoms with Crippen molar-refractivity contribution >= 4 is 5.91 Å². The summed E-state index contributed by atoms with van der Waals surface area (Å²) in [6.45, 7) is 9.18. The lowest BCUT2D eigenvalue weighted by atomic mass is 10.0. The Morgan fingerprint density at radius 3 is 2.25 bits per heavy atom. The predicted molar refractivity (Wildman–Crippen MR) is 51.5 cm³/mol. The minimum atomic E-state index is -0.437. The van der Waals surface area contributed by atoms with Crippen LogP contribution in [0.3, 0.4) is 0 Å². The van der Waals surface area contributed by atoms with Gasteiger partial charge in [0, 0.05) is 5.57 Å². The highest BCUT2D eigenvalue weighted by atomic mass is 16.1. The van der Waals surface area contributed by atoms with Gasteiger partial charge in [-0.25, -0.2) is 0 Å². The van der Waals surface area contributed by atoms with Gasteiger partial charge in [0.25, 0.3) is 0 Å². The average Bonchev–Trinajstić information content (AvgIpc) is 2.03. The maximum atomic E-state index is 10.9. The molecule has 2 N–H and O–H groups in total. The molecule has 0 bridgehead atoms. The van der Waals surface area contributed by atoms with Gasteiger partial charge in [0.15, 0.2) is 0 Å². The number of rotatable bonds is 5. The molecule has 12 heavy (non-hydrogen) atoms. The van der Waals surface area contributed by atoms with Crippen molar-refractivity contribution in [3.63, 3.8) is 0 Å². The zero-order valence-corrected chi connectivity index (χ0v) is 7.47. The quantitative estimate of drug-likeness (QED) is 0.491. The zero-order valence-electron chi connectivity index (χ0n) is 7.47. The van der Waals surface area contributed by atoms with E-state index in [1.165, 1.54) is 6.08 Å². The third kappa shape index (κ3) is 2.74. The molecule has 0 spiro atoms. The summed E-state index contributed by atoms with van der Waals surface area (Å²) in [5, 5.41) is 0. The van der Waals surface area contributed by atoms with E-state index in [-0.39, 0.29) is 0 Å². The molecule has 2 heteroatoms. The molecule has 0 atom stereocenters. The van der Waals surface area contributed by atoms with Gasteiger partial charge in [-0.05, 0) is 12.0 Å². The van der Waals surface area contributed by atoms with E-state index in [2.05, 4.69) is 13.2 Å². The molecule has 0 unspecified atom stereocenters. The van der Waals surface area contributed by atoms with Crippen LogP contribution < -0.4 is 5.73 Å². The van der Waals surface area contributed by atoms with Crippen LogP contribution in [0.2, 0.25) is 0 Å². The summed E-state index contributed by atoms with van der Waals surface area (Å²) >= 11 is 0. The topological polar surface area (TPSA) is 43.1 Å². The van der Waals surface area contributed by atoms with E-state index >= 15 is 0 Å². The lowest BCUT2D eigenvalue weighted by molar-refractivity contribution is -0.114. The van der Waals surface area contributed by atoms with Crippen LogP contribution in [-0.2, 0) is 4.79 Å². The van der Waals surface area contributed by atoms with Crippen molar-refractivity contribution in [2.24, 2.45) is 5.73 Å². The minimum Gasteiger partial charge on any atom is -0.366 e. The number of amides is 1. The second-order valence-electron chi connectivity index (χ2n) is 2.46. The zero-order chi connectivity index (χ0) is 9.56. The first-order chi connectivity index (χ1) is 5.67. The van der Waals surface area contributed by atoms with Gasteiger partial charge in [0.2, 0.25) is 5.91 Å². The van der Waals surface area contributed by atoms with Gasteiger partial charge in [-0.15, -0.1) is 0 Å². The fraction of sp³-hybridized carbons (Fsp3) is 0.300. The number of carbonyl (C=O) groups is 1. The van der Waals surface area contributed by atoms with Crippen LogP contribution in [0.5, 0.6) is 0 Å². The molecular weight excluding hydrogens is 150 g/mol. The van der Waals surface area contributed by atoms with Crippen molar-refractivity contribution in [3.8, 4) is 0 Å². The van der Waals surface area contributed by atoms with E-state index in [1.54, 1.807) is 6.08 Å². The molecule has 66 valence electrons. The minimum absolute atomic E-state index is 0.437. The summed E-state index contributed by atoms with van der Waals surface area (Å²) in [7, 11) is 0. The van der Waals surface area contributed by atoms with Crippen LogP contribution in [0.1, 0.15) is 19.8 Å². The Labute approximate surface area is 73.5 Å². The first kappa shape index (κ1) is 10.7. The lowest BCUT2D eigenvalue weighted by Gasteiger charge is -2.03. The van der Waals surface area contributed by atoms with Gasteiger partial charge in [0.05, 0.1) is 0 Å². The molecule has 0 heterocycles. The molecule has 0 aliphatic rings. The largest absolute Gasteiger partial charge is 0.366 e. The molecule has 0 aliphatic heterocycles. The Bertz CT molecular complexity index is 226. The fourth-order valence-electron chi connectivity index (χ4n) is 1.01. The van der Waals surface area contributed by atoms with Crippen LogP contribution in [-0.4, -0.2) is 5.91 Å². The van der Waals surface area contributed by atoms with Crippen LogP contribution in [0, 0.1) is 0 Å². The Morgan fingerprint density at radius 2 is 2.00 bits per heavy atom. The third-order valence-corrected chi connectivity index (χ3v) is 1.58. The number of carbonyl (C=O) groups excluding carboxylic acids is 1. The molecule has 1 amide bonds. The lowest BCUT2D eigenvalue weighted by Crippen LogP contribution is -2.14. The molecule has 0 aromatic rings. The van der Waals surface area contributed by atoms with E-state index in [4.69, 9.17) is 5.73 Å². The molecule has 0 aliphatic carbocycles. The second-order valence-corrected chi connectivity index (χ2v) is 2.46. The molecular formula is C10H15NO. The first-order valence-electron chi connectivity index (χ1n) is 3.95. The maximum Gasteiger partial charge on any atom is 0.248 e. The summed E-state index contributed by atoms with van der Waals surface area (Å²) < 4.78 is 0. The third-order valence-electron chi connectivity index (χ3n) is 1.58. The standard InChI is InChI=1S/C10H15NO/c1-4-7-8(5-2)9(6-3)10(11)12/h5-6H,2-4,7H2,1H3,(H2,11,12). The van der Waals surface area contributed by atoms with Crippen molar-refractivity contribution < 1.29 is 4.79 Å². The van der Waals surface area contributed by atoms with Crippen LogP contribution in [0.25, 0.3) is 0 Å². The summed E-state index contributed by atoms with van der Waals surface area (Å²) in [5.41, 5.74) is 6.49. The number of allylic oxidation sites excluding steroid dienone is 2. The molecule has 0 rings (SSSR count). The van der Waals surface area contributed by atoms with E-state index in [0.29, 0.717) is 5.57 Å². The highest BCUT2D eigenvalue weighted by Crippen LogP contribution is 2.12. The Morgan fingerprint density at radius 1 is 1.42 bits per heavy atom. The van der Waals surface area contributed by atoms with Crippen LogP contribution in [0.4, 0.5) is 0 Å². The maximum absolute atomic E-state index is 10.9. The van der Waals surface area contributed by atoms with Gasteiger partial charge in [-0.3, -0.25) is 4.79 Å². The molecule has 0 fully saturated rings. The molecule has 2 nitrogen and oxygen atoms in total. The first-order valence-corrected chi connectivity index (χ1v) is 3.95. The smallest absolute Gasteiger partial charge is 0.248 e. The summed E-state index contributed by atoms with van der Waals surface area (Å²) in [4.78, 5) is 10.9. The highest BCUT2D eigenvalue weighted by Gasteiger charge is 2.04. The van der Waals surface area contributed by atoms with Gasteiger partial charge >= 0.3 is 0 Å². The summed E-state index contributed by atoms with van der Waals surface area (Å²) in [6, 6.07) is 0. The van der Waals surface area contributed by atoms with E-state index in [0.717, 1.165) is 18.4 Å². The van der Waals surface area contributed by atoms with E-state index in [9.17, 15) is 4.79 Å². The highest BCUT2D eigenvalue weighted by molar-refractivity contribution is 5.95. The predicted octanol–water partition coefficient (Wildman–Crippen LogP) is 1.94. The Hall–Kier alpha value is -1.31. The fourth-order valence-corrected chi connectivity index (χ4v) is 1.01. The average molecular weight is 165 g/mol. The van der Waals surface area contributed by atoms with Crippen molar-refractivity contribution in [2.75, 3.05) is 0 Å². The normalized spacial score (nSPS) is 11.8. The number of primary amides is 1. The Balaban J connectivity index is 4.86. The monoisotopic (exact) mass is 165 g/mol. The second kappa shape index (κ2) is 5.35. The van der Waals surface area contributed by atoms with Gasteiger partial charge in [-0.2, -0.15) is 0 Å². The molecule has 0 saturated carbocycles. The van der Waals surface area contributed by atoms with Crippen molar-refractivity contribution in [1.29, 1.82) is 0 Å². The Kier molecular flexibility index (Phi) is 4.77. The summed E-state index contributed by atoms with van der Waals surface area (Å²) in [5.74, 6) is -0.437. The van der Waals surface area contributed by atoms with Gasteiger partial charge < -0.3 is 5.73 Å². The molecule has 0 radical (unpaired) electrons. The molecule has 0 aromatic heterocycles. The van der Waals surface area contributed by atoms with Crippen molar-refractivity contribution in [1.82, 2.24) is 0 Å². The van der Waals surface area contributed by atoms with Gasteiger partial charge in [0.1, 0.15) is 0 Å². The molecule has 0 aromatic carbocycles. The molecule has 0 saturated heterocycles. The van der Waals surface area contributed by atoms with E-state index in [1.807, 2.05) is 6.92 Å². The number of nitrogens with two attached hydrogens (primary N) is 1. The van der Waals surface area contributed by atoms with E-state index < -0.39 is 5.91 Å². The van der Waals surface area contributed by atoms with Crippen molar-refractivity contribution in [2.45, 2.75) is 19.8 Å². The van der Waals surface area contributed by atoms with Crippen molar-refractivity contribution in [3.05, 3.63) is 36.5 Å². The number of hydrogen-bond donors (Lipinski definition) is 1. The summed E-state index contributed by atoms with van der Waals surface area (Å²) in [6.07, 6.45) is 4.92. The number of hydrogen-bond acceptors (Lipinski definition) is 1. The van der Waals surface area contributed by atoms with Crippen LogP contribution >= 0.6 is 0 Å².